The number of ketones is 2. The van der Waals surface area contributed by atoms with Gasteiger partial charge in [-0.25, -0.2) is 0 Å². The number of likely N-dealkylation sites (tertiary alicyclic amines) is 1. The number of phenols is 1. The molecule has 6 atom stereocenters. The second-order valence-corrected chi connectivity index (χ2v) is 11.4. The first-order valence-corrected chi connectivity index (χ1v) is 13.2. The van der Waals surface area contributed by atoms with Crippen LogP contribution in [-0.4, -0.2) is 97.7 Å². The third-order valence-electron chi connectivity index (χ3n) is 9.06. The minimum Gasteiger partial charge on any atom is -0.510 e. The summed E-state index contributed by atoms with van der Waals surface area (Å²) in [7, 11) is 3.01. The highest BCUT2D eigenvalue weighted by Gasteiger charge is 2.67. The molecule has 0 radical (unpaired) electrons. The quantitative estimate of drug-likeness (QED) is 0.296. The second-order valence-electron chi connectivity index (χ2n) is 11.4. The fourth-order valence-corrected chi connectivity index (χ4v) is 7.15. The number of aliphatic hydroxyl groups is 4. The molecule has 1 saturated heterocycles. The van der Waals surface area contributed by atoms with Crippen LogP contribution in [0.15, 0.2) is 34.8 Å². The summed E-state index contributed by atoms with van der Waals surface area (Å²) in [5.74, 6) is -8.72. The number of nitrogens with two attached hydrogens (primary N) is 1. The number of piperidine rings is 1. The summed E-state index contributed by atoms with van der Waals surface area (Å²) in [6.45, 7) is 3.89. The van der Waals surface area contributed by atoms with Crippen molar-refractivity contribution < 1.29 is 39.9 Å². The normalized spacial score (nSPS) is 33.2. The number of fused-ring (bicyclic) bond motifs is 3. The molecule has 0 unspecified atom stereocenters. The molecule has 0 saturated carbocycles. The first-order valence-electron chi connectivity index (χ1n) is 13.2. The van der Waals surface area contributed by atoms with Gasteiger partial charge in [0.25, 0.3) is 5.91 Å². The summed E-state index contributed by atoms with van der Waals surface area (Å²) in [5, 5.41) is 57.0. The van der Waals surface area contributed by atoms with Crippen LogP contribution in [0.4, 0.5) is 0 Å². The van der Waals surface area contributed by atoms with Gasteiger partial charge in [-0.05, 0) is 51.5 Å². The number of amides is 1. The van der Waals surface area contributed by atoms with Gasteiger partial charge in [-0.3, -0.25) is 24.2 Å². The van der Waals surface area contributed by atoms with Crippen LogP contribution < -0.4 is 5.73 Å². The van der Waals surface area contributed by atoms with Crippen LogP contribution in [0.5, 0.6) is 5.75 Å². The smallest absolute Gasteiger partial charge is 0.255 e. The number of aromatic hydroxyl groups is 1. The lowest BCUT2D eigenvalue weighted by Gasteiger charge is -2.53. The van der Waals surface area contributed by atoms with Crippen LogP contribution in [0.3, 0.4) is 0 Å². The van der Waals surface area contributed by atoms with Crippen molar-refractivity contribution >= 4 is 17.5 Å². The van der Waals surface area contributed by atoms with Gasteiger partial charge in [0.15, 0.2) is 11.4 Å². The zero-order chi connectivity index (χ0) is 28.5. The Morgan fingerprint density at radius 3 is 2.36 bits per heavy atom. The summed E-state index contributed by atoms with van der Waals surface area (Å²) >= 11 is 0. The molecule has 1 aliphatic heterocycles. The van der Waals surface area contributed by atoms with Gasteiger partial charge in [0.1, 0.15) is 22.8 Å². The molecule has 5 rings (SSSR count). The van der Waals surface area contributed by atoms with Crippen molar-refractivity contribution in [2.24, 2.45) is 17.6 Å². The Labute approximate surface area is 225 Å². The molecule has 4 aliphatic rings. The van der Waals surface area contributed by atoms with Gasteiger partial charge in [0, 0.05) is 23.6 Å². The highest BCUT2D eigenvalue weighted by molar-refractivity contribution is 6.25. The third-order valence-corrected chi connectivity index (χ3v) is 9.06. The zero-order valence-electron chi connectivity index (χ0n) is 22.2. The largest absolute Gasteiger partial charge is 0.510 e. The highest BCUT2D eigenvalue weighted by Crippen LogP contribution is 2.55. The minimum absolute atomic E-state index is 0.0509. The maximum atomic E-state index is 13.9. The average molecular weight is 542 g/mol. The molecule has 1 aromatic carbocycles. The van der Waals surface area contributed by atoms with E-state index >= 15 is 0 Å². The maximum absolute atomic E-state index is 13.9. The van der Waals surface area contributed by atoms with Crippen LogP contribution in [0, 0.1) is 11.8 Å². The first-order chi connectivity index (χ1) is 18.3. The number of nitrogens with zero attached hydrogens (tertiary/aromatic N) is 2. The van der Waals surface area contributed by atoms with Gasteiger partial charge < -0.3 is 31.3 Å². The van der Waals surface area contributed by atoms with Crippen LogP contribution in [-0.2, 0) is 16.1 Å². The Bertz CT molecular complexity index is 1330. The predicted molar refractivity (Wildman–Crippen MR) is 139 cm³/mol. The van der Waals surface area contributed by atoms with E-state index in [1.807, 2.05) is 0 Å². The van der Waals surface area contributed by atoms with Crippen molar-refractivity contribution in [3.8, 4) is 5.75 Å². The fourth-order valence-electron chi connectivity index (χ4n) is 7.15. The number of carbonyl (C=O) groups excluding carboxylic acids is 3. The van der Waals surface area contributed by atoms with Gasteiger partial charge in [-0.2, -0.15) is 0 Å². The van der Waals surface area contributed by atoms with E-state index in [9.17, 15) is 39.9 Å². The number of Topliss-reactive ketones (excluding diaryl/α,β-unsaturated/α-hetero) is 2. The fraction of sp³-hybridized carbons (Fsp3) is 0.536. The third kappa shape index (κ3) is 3.75. The summed E-state index contributed by atoms with van der Waals surface area (Å²) in [5.41, 5.74) is 2.09. The molecule has 1 aromatic rings. The van der Waals surface area contributed by atoms with Gasteiger partial charge in [0.2, 0.25) is 5.78 Å². The minimum atomic E-state index is -2.91. The van der Waals surface area contributed by atoms with Crippen LogP contribution in [0.2, 0.25) is 0 Å². The molecule has 1 heterocycles. The van der Waals surface area contributed by atoms with Gasteiger partial charge in [-0.1, -0.05) is 25.5 Å². The number of hydrogen-bond acceptors (Lipinski definition) is 10. The lowest BCUT2D eigenvalue weighted by atomic mass is 9.55. The highest BCUT2D eigenvalue weighted by atomic mass is 16.4. The molecule has 11 nitrogen and oxygen atoms in total. The number of hydrogen-bond donors (Lipinski definition) is 6. The van der Waals surface area contributed by atoms with E-state index in [0.29, 0.717) is 17.7 Å². The predicted octanol–water partition coefficient (Wildman–Crippen LogP) is 0.638. The molecular weight excluding hydrogens is 506 g/mol. The molecule has 39 heavy (non-hydrogen) atoms. The van der Waals surface area contributed by atoms with Gasteiger partial charge >= 0.3 is 0 Å². The Hall–Kier alpha value is -3.25. The van der Waals surface area contributed by atoms with Crippen molar-refractivity contribution in [1.82, 2.24) is 9.80 Å². The van der Waals surface area contributed by atoms with E-state index in [2.05, 4.69) is 4.90 Å². The van der Waals surface area contributed by atoms with E-state index in [1.165, 1.54) is 19.0 Å². The molecule has 1 amide bonds. The molecule has 0 bridgehead atoms. The number of likely N-dealkylation sites (N-methyl/N-ethyl adjacent to an activating group) is 1. The second kappa shape index (κ2) is 9.44. The van der Waals surface area contributed by atoms with E-state index in [4.69, 9.17) is 5.73 Å². The molecule has 0 spiro atoms. The summed E-state index contributed by atoms with van der Waals surface area (Å²) in [6, 6.07) is 2.21. The summed E-state index contributed by atoms with van der Waals surface area (Å²) in [6.07, 6.45) is 1.62. The lowest BCUT2D eigenvalue weighted by Crippen LogP contribution is -2.68. The van der Waals surface area contributed by atoms with Crippen LogP contribution in [0.25, 0.3) is 0 Å². The van der Waals surface area contributed by atoms with Crippen molar-refractivity contribution in [2.45, 2.75) is 56.4 Å². The molecular formula is C28H35N3O8. The van der Waals surface area contributed by atoms with Crippen molar-refractivity contribution in [1.29, 1.82) is 0 Å². The maximum Gasteiger partial charge on any atom is 0.255 e. The number of carbonyl (C=O) groups is 3. The van der Waals surface area contributed by atoms with Crippen molar-refractivity contribution in [3.63, 3.8) is 0 Å². The van der Waals surface area contributed by atoms with E-state index < -0.39 is 75.6 Å². The zero-order valence-corrected chi connectivity index (χ0v) is 22.2. The Balaban J connectivity index is 1.68. The molecule has 7 N–H and O–H groups in total. The number of primary amides is 1. The lowest BCUT2D eigenvalue weighted by molar-refractivity contribution is -0.162. The number of phenolic OH excluding ortho intramolecular Hbond substituents is 1. The summed E-state index contributed by atoms with van der Waals surface area (Å²) in [4.78, 5) is 43.1. The van der Waals surface area contributed by atoms with Gasteiger partial charge in [0.05, 0.1) is 23.6 Å². The number of benzene rings is 1. The van der Waals surface area contributed by atoms with Crippen molar-refractivity contribution in [2.75, 3.05) is 27.2 Å². The topological polar surface area (TPSA) is 185 Å². The number of rotatable bonds is 4. The molecule has 210 valence electrons. The Morgan fingerprint density at radius 2 is 1.77 bits per heavy atom. The van der Waals surface area contributed by atoms with Crippen LogP contribution in [0.1, 0.15) is 53.6 Å². The van der Waals surface area contributed by atoms with E-state index in [-0.39, 0.29) is 11.3 Å². The van der Waals surface area contributed by atoms with Crippen molar-refractivity contribution in [3.05, 3.63) is 51.5 Å². The van der Waals surface area contributed by atoms with Crippen LogP contribution >= 0.6 is 0 Å². The SMILES string of the molecule is C[C@@H]1c2ccc(CN3CCCCC3)c(O)c2C(=O)C2=C(O)[C@@]3(O)C(=O)C(C(N)=O)=C(O)[C@H](N(C)C)[C@@H]3[C@H](O)[C@H]21. The molecule has 11 heteroatoms. The van der Waals surface area contributed by atoms with E-state index in [1.54, 1.807) is 19.1 Å². The Kier molecular flexibility index (Phi) is 6.61. The average Bonchev–Trinajstić information content (AvgIpc) is 2.87. The molecule has 1 fully saturated rings. The van der Waals surface area contributed by atoms with E-state index in [0.717, 1.165) is 32.4 Å². The molecule has 3 aliphatic carbocycles. The van der Waals surface area contributed by atoms with Gasteiger partial charge in [-0.15, -0.1) is 0 Å². The standard InChI is InChI=1S/C28H35N3O8/c1-12-14-8-7-13(11-31-9-5-4-6-10-31)21(32)16(14)22(33)17-15(12)23(34)19-20(30(2)3)24(35)18(27(29)38)26(37)28(19,39)25(17)36/h7-8,12,15,19-20,23,32,34-36,39H,4-6,9-11H2,1-3H3,(H2,29,38)/t12-,15+,19-,20-,23-,28-/m1/s1. The molecule has 0 aromatic heterocycles. The first kappa shape index (κ1) is 27.3. The summed E-state index contributed by atoms with van der Waals surface area (Å²) < 4.78 is 0. The number of aliphatic hydroxyl groups excluding tert-OH is 3. The monoisotopic (exact) mass is 541 g/mol. The Morgan fingerprint density at radius 1 is 1.13 bits per heavy atom.